The molecule has 0 unspecified atom stereocenters. The van der Waals surface area contributed by atoms with E-state index in [1.54, 1.807) is 0 Å². The number of nitrogens with one attached hydrogen (secondary N) is 1. The molecule has 32 heavy (non-hydrogen) atoms. The highest BCUT2D eigenvalue weighted by Crippen LogP contribution is 2.25. The van der Waals surface area contributed by atoms with Gasteiger partial charge in [0.1, 0.15) is 5.52 Å². The van der Waals surface area contributed by atoms with E-state index in [4.69, 9.17) is 9.97 Å². The van der Waals surface area contributed by atoms with Crippen LogP contribution in [0.5, 0.6) is 0 Å². The molecule has 2 aliphatic heterocycles. The summed E-state index contributed by atoms with van der Waals surface area (Å²) in [5, 5.41) is 3.18. The number of nitrogens with zero attached hydrogens (tertiary/aromatic N) is 6. The molecule has 8 nitrogen and oxygen atoms in total. The number of aromatic nitrogens is 3. The van der Waals surface area contributed by atoms with E-state index in [1.807, 2.05) is 6.20 Å². The van der Waals surface area contributed by atoms with Gasteiger partial charge in [-0.1, -0.05) is 13.8 Å². The minimum Gasteiger partial charge on any atom is -0.369 e. The largest absolute Gasteiger partial charge is 0.369 e. The Kier molecular flexibility index (Phi) is 7.52. The molecule has 0 aliphatic carbocycles. The number of hydrogen-bond acceptors (Lipinski definition) is 7. The lowest BCUT2D eigenvalue weighted by atomic mass is 9.96. The van der Waals surface area contributed by atoms with E-state index in [0.717, 1.165) is 101 Å². The monoisotopic (exact) mass is 439 g/mol. The van der Waals surface area contributed by atoms with E-state index >= 15 is 0 Å². The Morgan fingerprint density at radius 3 is 2.59 bits per heavy atom. The summed E-state index contributed by atoms with van der Waals surface area (Å²) in [6.07, 6.45) is 5.58. The summed E-state index contributed by atoms with van der Waals surface area (Å²) in [6.45, 7) is 11.9. The van der Waals surface area contributed by atoms with Gasteiger partial charge in [-0.2, -0.15) is 0 Å². The third-order valence-corrected chi connectivity index (χ3v) is 6.81. The smallest absolute Gasteiger partial charge is 0.224 e. The van der Waals surface area contributed by atoms with E-state index in [-0.39, 0.29) is 11.8 Å². The minimum atomic E-state index is 0.0201. The van der Waals surface area contributed by atoms with Crippen molar-refractivity contribution in [1.82, 2.24) is 30.1 Å². The highest BCUT2D eigenvalue weighted by molar-refractivity contribution is 5.80. The number of carbonyl (C=O) groups is 1. The van der Waals surface area contributed by atoms with Crippen molar-refractivity contribution >= 4 is 22.8 Å². The maximum absolute atomic E-state index is 12.8. The zero-order valence-electron chi connectivity index (χ0n) is 19.8. The van der Waals surface area contributed by atoms with Crippen molar-refractivity contribution in [3.63, 3.8) is 0 Å². The Labute approximate surface area is 191 Å². The van der Waals surface area contributed by atoms with E-state index in [0.29, 0.717) is 5.65 Å². The number of fused-ring (bicyclic) bond motifs is 1. The Bertz CT molecular complexity index is 926. The first-order valence-electron chi connectivity index (χ1n) is 12.2. The Morgan fingerprint density at radius 1 is 1.09 bits per heavy atom. The molecule has 8 heteroatoms. The third kappa shape index (κ3) is 5.35. The second kappa shape index (κ2) is 10.5. The van der Waals surface area contributed by atoms with Crippen LogP contribution in [-0.4, -0.2) is 90.1 Å². The van der Waals surface area contributed by atoms with Gasteiger partial charge >= 0.3 is 0 Å². The molecule has 2 aromatic heterocycles. The molecule has 2 fully saturated rings. The maximum Gasteiger partial charge on any atom is 0.224 e. The van der Waals surface area contributed by atoms with Crippen LogP contribution in [0.15, 0.2) is 12.3 Å². The zero-order chi connectivity index (χ0) is 22.5. The molecular weight excluding hydrogens is 402 g/mol. The van der Waals surface area contributed by atoms with Crippen molar-refractivity contribution in [2.24, 2.45) is 5.92 Å². The number of anilines is 1. The average Bonchev–Trinajstić information content (AvgIpc) is 2.84. The number of amides is 1. The highest BCUT2D eigenvalue weighted by Gasteiger charge is 2.26. The van der Waals surface area contributed by atoms with Crippen molar-refractivity contribution in [2.45, 2.75) is 39.5 Å². The van der Waals surface area contributed by atoms with Crippen molar-refractivity contribution in [3.8, 4) is 0 Å². The molecule has 0 saturated carbocycles. The van der Waals surface area contributed by atoms with Gasteiger partial charge in [-0.15, -0.1) is 0 Å². The van der Waals surface area contributed by atoms with Crippen LogP contribution < -0.4 is 10.2 Å². The number of aryl methyl sites for hydroxylation is 2. The predicted molar refractivity (Wildman–Crippen MR) is 128 cm³/mol. The number of piperidine rings is 1. The van der Waals surface area contributed by atoms with Crippen LogP contribution >= 0.6 is 0 Å². The molecule has 4 rings (SSSR count). The molecule has 2 aromatic rings. The summed E-state index contributed by atoms with van der Waals surface area (Å²) < 4.78 is 0. The summed E-state index contributed by atoms with van der Waals surface area (Å²) in [4.78, 5) is 34.0. The quantitative estimate of drug-likeness (QED) is 0.704. The normalized spacial score (nSPS) is 20.6. The maximum atomic E-state index is 12.8. The van der Waals surface area contributed by atoms with Gasteiger partial charge in [0.05, 0.1) is 29.2 Å². The lowest BCUT2D eigenvalue weighted by Crippen LogP contribution is -2.48. The molecular formula is C24H37N7O. The van der Waals surface area contributed by atoms with Crippen LogP contribution in [-0.2, 0) is 17.6 Å². The number of hydrogen-bond donors (Lipinski definition) is 1. The van der Waals surface area contributed by atoms with Gasteiger partial charge in [-0.05, 0) is 38.8 Å². The highest BCUT2D eigenvalue weighted by atomic mass is 16.1. The summed E-state index contributed by atoms with van der Waals surface area (Å²) >= 11 is 0. The van der Waals surface area contributed by atoms with E-state index < -0.39 is 0 Å². The molecule has 4 heterocycles. The van der Waals surface area contributed by atoms with Crippen LogP contribution in [0.1, 0.15) is 38.1 Å². The first kappa shape index (κ1) is 22.9. The van der Waals surface area contributed by atoms with Crippen LogP contribution in [0.2, 0.25) is 0 Å². The number of pyridine rings is 1. The van der Waals surface area contributed by atoms with Crippen molar-refractivity contribution < 1.29 is 4.79 Å². The summed E-state index contributed by atoms with van der Waals surface area (Å²) in [6, 6.07) is 2.08. The number of piperazine rings is 1. The molecule has 0 bridgehead atoms. The number of likely N-dealkylation sites (N-methyl/N-ethyl adjacent to an activating group) is 1. The fourth-order valence-electron chi connectivity index (χ4n) is 4.72. The SMILES string of the molecule is CCc1nc2cc(N3CCC[C@@H](C(=O)NCCN4CCN(C)CC4)C3)cnc2nc1CC. The Morgan fingerprint density at radius 2 is 1.84 bits per heavy atom. The van der Waals surface area contributed by atoms with Crippen molar-refractivity contribution in [1.29, 1.82) is 0 Å². The number of carbonyl (C=O) groups excluding carboxylic acids is 1. The predicted octanol–water partition coefficient (Wildman–Crippen LogP) is 1.73. The topological polar surface area (TPSA) is 77.5 Å². The molecule has 1 amide bonds. The van der Waals surface area contributed by atoms with Gasteiger partial charge in [0.2, 0.25) is 5.91 Å². The third-order valence-electron chi connectivity index (χ3n) is 6.81. The lowest BCUT2D eigenvalue weighted by molar-refractivity contribution is -0.125. The van der Waals surface area contributed by atoms with Gasteiger partial charge in [-0.3, -0.25) is 9.69 Å². The summed E-state index contributed by atoms with van der Waals surface area (Å²) in [7, 11) is 2.16. The van der Waals surface area contributed by atoms with Crippen LogP contribution in [0, 0.1) is 5.92 Å². The standard InChI is InChI=1S/C24H37N7O/c1-4-20-21(5-2)28-23-22(27-20)15-19(16-26-23)31-9-6-7-18(17-31)24(32)25-8-10-30-13-11-29(3)12-14-30/h15-16,18H,4-14,17H2,1-3H3,(H,25,32)/t18-/m1/s1. The van der Waals surface area contributed by atoms with Gasteiger partial charge < -0.3 is 15.1 Å². The van der Waals surface area contributed by atoms with Crippen molar-refractivity contribution in [3.05, 3.63) is 23.7 Å². The van der Waals surface area contributed by atoms with Gasteiger partial charge in [0.25, 0.3) is 0 Å². The van der Waals surface area contributed by atoms with Crippen LogP contribution in [0.25, 0.3) is 11.2 Å². The lowest BCUT2D eigenvalue weighted by Gasteiger charge is -2.34. The van der Waals surface area contributed by atoms with Gasteiger partial charge in [0.15, 0.2) is 5.65 Å². The van der Waals surface area contributed by atoms with E-state index in [1.165, 1.54) is 0 Å². The van der Waals surface area contributed by atoms with Crippen LogP contribution in [0.3, 0.4) is 0 Å². The zero-order valence-corrected chi connectivity index (χ0v) is 19.8. The second-order valence-electron chi connectivity index (χ2n) is 9.08. The van der Waals surface area contributed by atoms with E-state index in [9.17, 15) is 4.79 Å². The molecule has 2 aliphatic rings. The van der Waals surface area contributed by atoms with Crippen LogP contribution in [0.4, 0.5) is 5.69 Å². The van der Waals surface area contributed by atoms with E-state index in [2.05, 4.69) is 52.0 Å². The molecule has 0 spiro atoms. The van der Waals surface area contributed by atoms with Gasteiger partial charge in [0, 0.05) is 52.4 Å². The fraction of sp³-hybridized carbons (Fsp3) is 0.667. The Hall–Kier alpha value is -2.32. The molecule has 2 saturated heterocycles. The molecule has 0 radical (unpaired) electrons. The average molecular weight is 440 g/mol. The number of rotatable bonds is 7. The minimum absolute atomic E-state index is 0.0201. The van der Waals surface area contributed by atoms with Gasteiger partial charge in [-0.25, -0.2) is 15.0 Å². The molecule has 1 N–H and O–H groups in total. The summed E-state index contributed by atoms with van der Waals surface area (Å²) in [5.41, 5.74) is 4.67. The fourth-order valence-corrected chi connectivity index (χ4v) is 4.72. The summed E-state index contributed by atoms with van der Waals surface area (Å²) in [5.74, 6) is 0.199. The first-order valence-corrected chi connectivity index (χ1v) is 12.2. The first-order chi connectivity index (χ1) is 15.6. The van der Waals surface area contributed by atoms with Crippen molar-refractivity contribution in [2.75, 3.05) is 64.3 Å². The molecule has 1 atom stereocenters. The molecule has 174 valence electrons. The Balaban J connectivity index is 1.35. The second-order valence-corrected chi connectivity index (χ2v) is 9.08. The molecule has 0 aromatic carbocycles.